The van der Waals surface area contributed by atoms with Crippen molar-refractivity contribution in [2.75, 3.05) is 23.3 Å². The Morgan fingerprint density at radius 3 is 2.36 bits per heavy atom. The van der Waals surface area contributed by atoms with Crippen molar-refractivity contribution in [3.63, 3.8) is 0 Å². The van der Waals surface area contributed by atoms with Gasteiger partial charge in [0.05, 0.1) is 23.4 Å². The Morgan fingerprint density at radius 2 is 1.80 bits per heavy atom. The summed E-state index contributed by atoms with van der Waals surface area (Å²) in [5, 5.41) is 2.67. The smallest absolute Gasteiger partial charge is 0.264 e. The normalized spacial score (nSPS) is 11.0. The number of hydrogen-bond donors (Lipinski definition) is 1. The number of carbonyl (C=O) groups is 1. The lowest BCUT2D eigenvalue weighted by atomic mass is 10.3. The van der Waals surface area contributed by atoms with Gasteiger partial charge in [0.1, 0.15) is 5.75 Å². The molecule has 0 aromatic heterocycles. The fourth-order valence-electron chi connectivity index (χ4n) is 2.40. The number of para-hydroxylation sites is 1. The maximum Gasteiger partial charge on any atom is 0.264 e. The van der Waals surface area contributed by atoms with Crippen molar-refractivity contribution < 1.29 is 17.9 Å². The molecule has 2 aromatic rings. The lowest BCUT2D eigenvalue weighted by molar-refractivity contribution is -0.115. The predicted molar refractivity (Wildman–Crippen MR) is 98.6 cm³/mol. The van der Waals surface area contributed by atoms with Crippen LogP contribution in [0.15, 0.2) is 53.4 Å². The average molecular weight is 362 g/mol. The molecular weight excluding hydrogens is 340 g/mol. The number of methoxy groups -OCH3 is 1. The van der Waals surface area contributed by atoms with Crippen LogP contribution in [0.4, 0.5) is 11.4 Å². The number of sulfonamides is 1. The molecule has 2 rings (SSSR count). The van der Waals surface area contributed by atoms with Gasteiger partial charge < -0.3 is 10.1 Å². The first-order valence-electron chi connectivity index (χ1n) is 7.99. The first-order chi connectivity index (χ1) is 11.9. The van der Waals surface area contributed by atoms with Gasteiger partial charge in [0, 0.05) is 13.0 Å². The number of nitrogens with one attached hydrogen (secondary N) is 1. The third-order valence-corrected chi connectivity index (χ3v) is 5.58. The van der Waals surface area contributed by atoms with Gasteiger partial charge in [0.2, 0.25) is 5.91 Å². The summed E-state index contributed by atoms with van der Waals surface area (Å²) >= 11 is 0. The Kier molecular flexibility index (Phi) is 6.03. The van der Waals surface area contributed by atoms with Crippen LogP contribution in [0, 0.1) is 0 Å². The maximum atomic E-state index is 13.0. The van der Waals surface area contributed by atoms with Gasteiger partial charge >= 0.3 is 0 Å². The van der Waals surface area contributed by atoms with Crippen LogP contribution in [0.25, 0.3) is 0 Å². The lowest BCUT2D eigenvalue weighted by Crippen LogP contribution is -2.30. The van der Waals surface area contributed by atoms with E-state index in [0.717, 1.165) is 0 Å². The van der Waals surface area contributed by atoms with Gasteiger partial charge in [0.15, 0.2) is 0 Å². The highest BCUT2D eigenvalue weighted by atomic mass is 32.2. The number of amides is 1. The molecule has 7 heteroatoms. The Morgan fingerprint density at radius 1 is 1.12 bits per heavy atom. The average Bonchev–Trinajstić information content (AvgIpc) is 2.62. The molecule has 1 amide bonds. The van der Waals surface area contributed by atoms with Gasteiger partial charge in [-0.2, -0.15) is 0 Å². The first kappa shape index (κ1) is 18.8. The monoisotopic (exact) mass is 362 g/mol. The Labute approximate surface area is 148 Å². The molecule has 1 N–H and O–H groups in total. The van der Waals surface area contributed by atoms with Gasteiger partial charge in [-0.25, -0.2) is 8.42 Å². The van der Waals surface area contributed by atoms with Gasteiger partial charge in [-0.15, -0.1) is 0 Å². The number of hydrogen-bond acceptors (Lipinski definition) is 4. The predicted octanol–water partition coefficient (Wildman–Crippen LogP) is 3.26. The molecule has 25 heavy (non-hydrogen) atoms. The maximum absolute atomic E-state index is 13.0. The van der Waals surface area contributed by atoms with E-state index < -0.39 is 10.0 Å². The molecular formula is C18H22N2O4S. The van der Waals surface area contributed by atoms with E-state index in [9.17, 15) is 13.2 Å². The number of nitrogens with zero attached hydrogens (tertiary/aromatic N) is 1. The zero-order valence-corrected chi connectivity index (χ0v) is 15.3. The number of benzene rings is 2. The van der Waals surface area contributed by atoms with E-state index in [4.69, 9.17) is 4.74 Å². The zero-order chi connectivity index (χ0) is 18.4. The van der Waals surface area contributed by atoms with Crippen LogP contribution in [-0.2, 0) is 14.8 Å². The molecule has 6 nitrogen and oxygen atoms in total. The Bertz CT molecular complexity index is 835. The largest absolute Gasteiger partial charge is 0.495 e. The second kappa shape index (κ2) is 8.02. The minimum absolute atomic E-state index is 0.0883. The van der Waals surface area contributed by atoms with Crippen LogP contribution < -0.4 is 14.4 Å². The molecule has 0 spiro atoms. The number of anilines is 2. The van der Waals surface area contributed by atoms with E-state index in [1.54, 1.807) is 38.1 Å². The van der Waals surface area contributed by atoms with Crippen molar-refractivity contribution in [2.45, 2.75) is 25.2 Å². The highest BCUT2D eigenvalue weighted by Crippen LogP contribution is 2.30. The summed E-state index contributed by atoms with van der Waals surface area (Å²) < 4.78 is 32.6. The molecule has 0 fully saturated rings. The number of carbonyl (C=O) groups excluding carboxylic acids is 1. The minimum atomic E-state index is -3.77. The van der Waals surface area contributed by atoms with Crippen LogP contribution >= 0.6 is 0 Å². The molecule has 0 heterocycles. The summed E-state index contributed by atoms with van der Waals surface area (Å²) in [5.41, 5.74) is 0.916. The molecule has 0 unspecified atom stereocenters. The second-order valence-electron chi connectivity index (χ2n) is 5.27. The summed E-state index contributed by atoms with van der Waals surface area (Å²) in [6.07, 6.45) is 0.283. The second-order valence-corrected chi connectivity index (χ2v) is 7.13. The van der Waals surface area contributed by atoms with Gasteiger partial charge in [-0.1, -0.05) is 25.1 Å². The van der Waals surface area contributed by atoms with E-state index in [2.05, 4.69) is 5.32 Å². The van der Waals surface area contributed by atoms with E-state index in [0.29, 0.717) is 17.1 Å². The molecule has 0 radical (unpaired) electrons. The molecule has 0 saturated heterocycles. The molecule has 0 atom stereocenters. The third kappa shape index (κ3) is 4.11. The topological polar surface area (TPSA) is 75.7 Å². The van der Waals surface area contributed by atoms with E-state index in [1.165, 1.54) is 29.6 Å². The minimum Gasteiger partial charge on any atom is -0.495 e. The lowest BCUT2D eigenvalue weighted by Gasteiger charge is -2.23. The van der Waals surface area contributed by atoms with Crippen molar-refractivity contribution in [1.29, 1.82) is 0 Å². The van der Waals surface area contributed by atoms with Crippen molar-refractivity contribution in [3.8, 4) is 5.75 Å². The highest BCUT2D eigenvalue weighted by molar-refractivity contribution is 7.92. The third-order valence-electron chi connectivity index (χ3n) is 3.69. The quantitative estimate of drug-likeness (QED) is 0.820. The SMILES string of the molecule is CCC(=O)Nc1cc(S(=O)(=O)N(CC)c2ccccc2)ccc1OC. The fraction of sp³-hybridized carbons (Fsp3) is 0.278. The van der Waals surface area contributed by atoms with Crippen LogP contribution in [0.5, 0.6) is 5.75 Å². The summed E-state index contributed by atoms with van der Waals surface area (Å²) in [6.45, 7) is 3.78. The van der Waals surface area contributed by atoms with Crippen LogP contribution in [0.2, 0.25) is 0 Å². The van der Waals surface area contributed by atoms with Gasteiger partial charge in [-0.05, 0) is 37.3 Å². The molecule has 0 bridgehead atoms. The Balaban J connectivity index is 2.48. The molecule has 134 valence electrons. The summed E-state index contributed by atoms with van der Waals surface area (Å²) in [7, 11) is -2.30. The van der Waals surface area contributed by atoms with Crippen molar-refractivity contribution in [1.82, 2.24) is 0 Å². The van der Waals surface area contributed by atoms with Crippen molar-refractivity contribution in [2.24, 2.45) is 0 Å². The van der Waals surface area contributed by atoms with Crippen LogP contribution in [0.1, 0.15) is 20.3 Å². The van der Waals surface area contributed by atoms with Crippen LogP contribution in [-0.4, -0.2) is 28.0 Å². The van der Waals surface area contributed by atoms with E-state index in [1.807, 2.05) is 6.07 Å². The van der Waals surface area contributed by atoms with Gasteiger partial charge in [-0.3, -0.25) is 9.10 Å². The van der Waals surface area contributed by atoms with Gasteiger partial charge in [0.25, 0.3) is 10.0 Å². The zero-order valence-electron chi connectivity index (χ0n) is 14.5. The van der Waals surface area contributed by atoms with Crippen LogP contribution in [0.3, 0.4) is 0 Å². The first-order valence-corrected chi connectivity index (χ1v) is 9.43. The standard InChI is InChI=1S/C18H22N2O4S/c1-4-18(21)19-16-13-15(11-12-17(16)24-3)25(22,23)20(5-2)14-9-7-6-8-10-14/h6-13H,4-5H2,1-3H3,(H,19,21). The summed E-state index contributed by atoms with van der Waals surface area (Å²) in [5.74, 6) is 0.187. The summed E-state index contributed by atoms with van der Waals surface area (Å²) in [6, 6.07) is 13.3. The number of rotatable bonds is 7. The highest BCUT2D eigenvalue weighted by Gasteiger charge is 2.24. The molecule has 0 aliphatic rings. The molecule has 0 saturated carbocycles. The van der Waals surface area contributed by atoms with Crippen molar-refractivity contribution >= 4 is 27.3 Å². The molecule has 2 aromatic carbocycles. The van der Waals surface area contributed by atoms with E-state index >= 15 is 0 Å². The molecule has 0 aliphatic carbocycles. The summed E-state index contributed by atoms with van der Waals surface area (Å²) in [4.78, 5) is 11.8. The number of ether oxygens (including phenoxy) is 1. The molecule has 0 aliphatic heterocycles. The fourth-order valence-corrected chi connectivity index (χ4v) is 3.90. The van der Waals surface area contributed by atoms with E-state index in [-0.39, 0.29) is 23.8 Å². The van der Waals surface area contributed by atoms with Crippen molar-refractivity contribution in [3.05, 3.63) is 48.5 Å². The Hall–Kier alpha value is -2.54.